The zero-order valence-corrected chi connectivity index (χ0v) is 10.8. The van der Waals surface area contributed by atoms with E-state index in [1.165, 1.54) is 4.88 Å². The van der Waals surface area contributed by atoms with E-state index in [2.05, 4.69) is 32.3 Å². The summed E-state index contributed by atoms with van der Waals surface area (Å²) in [5.41, 5.74) is 0. The Bertz CT molecular complexity index is 311. The van der Waals surface area contributed by atoms with E-state index in [9.17, 15) is 4.79 Å². The number of hydrogen-bond acceptors (Lipinski definition) is 3. The molecule has 0 bridgehead atoms. The molecule has 0 radical (unpaired) electrons. The number of rotatable bonds is 5. The zero-order chi connectivity index (χ0) is 10.6. The van der Waals surface area contributed by atoms with Gasteiger partial charge in [-0.2, -0.15) is 0 Å². The monoisotopic (exact) mass is 275 g/mol. The summed E-state index contributed by atoms with van der Waals surface area (Å²) in [4.78, 5) is 14.2. The number of carbonyl (C=O) groups is 1. The largest absolute Gasteiger partial charge is 0.299 e. The summed E-state index contributed by atoms with van der Waals surface area (Å²) in [6.45, 7) is 3.11. The van der Waals surface area contributed by atoms with Crippen LogP contribution in [0.2, 0.25) is 0 Å². The van der Waals surface area contributed by atoms with Crippen molar-refractivity contribution in [2.75, 3.05) is 20.1 Å². The molecule has 1 rings (SSSR count). The summed E-state index contributed by atoms with van der Waals surface area (Å²) in [5, 5.41) is 2.08. The van der Waals surface area contributed by atoms with E-state index in [0.717, 1.165) is 17.4 Å². The van der Waals surface area contributed by atoms with E-state index in [4.69, 9.17) is 0 Å². The summed E-state index contributed by atoms with van der Waals surface area (Å²) >= 11 is 5.17. The molecular weight excluding hydrogens is 262 g/mol. The number of thiophene rings is 1. The van der Waals surface area contributed by atoms with Crippen molar-refractivity contribution in [3.8, 4) is 0 Å². The SMILES string of the molecule is CC(=O)CN(C)CCc1cc(Br)cs1. The molecule has 0 saturated heterocycles. The van der Waals surface area contributed by atoms with Gasteiger partial charge >= 0.3 is 0 Å². The predicted octanol–water partition coefficient (Wildman–Crippen LogP) is 2.57. The maximum absolute atomic E-state index is 10.8. The van der Waals surface area contributed by atoms with Crippen LogP contribution in [0.1, 0.15) is 11.8 Å². The lowest BCUT2D eigenvalue weighted by molar-refractivity contribution is -0.117. The summed E-state index contributed by atoms with van der Waals surface area (Å²) in [5.74, 6) is 0.222. The van der Waals surface area contributed by atoms with E-state index in [0.29, 0.717) is 6.54 Å². The van der Waals surface area contributed by atoms with Crippen molar-refractivity contribution in [2.24, 2.45) is 0 Å². The first-order valence-electron chi connectivity index (χ1n) is 4.49. The Morgan fingerprint density at radius 2 is 2.36 bits per heavy atom. The van der Waals surface area contributed by atoms with Crippen molar-refractivity contribution >= 4 is 33.0 Å². The zero-order valence-electron chi connectivity index (χ0n) is 8.42. The van der Waals surface area contributed by atoms with E-state index in [1.54, 1.807) is 18.3 Å². The molecule has 4 heteroatoms. The van der Waals surface area contributed by atoms with Crippen molar-refractivity contribution in [1.82, 2.24) is 4.90 Å². The maximum Gasteiger partial charge on any atom is 0.143 e. The van der Waals surface area contributed by atoms with Crippen LogP contribution in [0.3, 0.4) is 0 Å². The minimum atomic E-state index is 0.222. The fourth-order valence-corrected chi connectivity index (χ4v) is 2.69. The van der Waals surface area contributed by atoms with Gasteiger partial charge in [0.25, 0.3) is 0 Å². The van der Waals surface area contributed by atoms with Gasteiger partial charge in [0.2, 0.25) is 0 Å². The summed E-state index contributed by atoms with van der Waals surface area (Å²) < 4.78 is 1.15. The van der Waals surface area contributed by atoms with Gasteiger partial charge in [0.15, 0.2) is 0 Å². The summed E-state index contributed by atoms with van der Waals surface area (Å²) in [7, 11) is 1.98. The smallest absolute Gasteiger partial charge is 0.143 e. The molecule has 0 aromatic carbocycles. The molecule has 0 spiro atoms. The van der Waals surface area contributed by atoms with Gasteiger partial charge < -0.3 is 0 Å². The van der Waals surface area contributed by atoms with Crippen LogP contribution in [0, 0.1) is 0 Å². The van der Waals surface area contributed by atoms with Gasteiger partial charge in [-0.1, -0.05) is 0 Å². The molecule has 0 amide bonds. The van der Waals surface area contributed by atoms with Gasteiger partial charge in [-0.25, -0.2) is 0 Å². The molecule has 1 heterocycles. The van der Waals surface area contributed by atoms with Crippen molar-refractivity contribution in [1.29, 1.82) is 0 Å². The molecule has 2 nitrogen and oxygen atoms in total. The molecule has 0 fully saturated rings. The highest BCUT2D eigenvalue weighted by Crippen LogP contribution is 2.20. The molecule has 0 aliphatic carbocycles. The summed E-state index contributed by atoms with van der Waals surface area (Å²) in [6, 6.07) is 2.13. The minimum absolute atomic E-state index is 0.222. The van der Waals surface area contributed by atoms with Gasteiger partial charge in [-0.15, -0.1) is 11.3 Å². The average Bonchev–Trinajstić information content (AvgIpc) is 2.47. The van der Waals surface area contributed by atoms with Crippen molar-refractivity contribution in [2.45, 2.75) is 13.3 Å². The van der Waals surface area contributed by atoms with E-state index < -0.39 is 0 Å². The maximum atomic E-state index is 10.8. The minimum Gasteiger partial charge on any atom is -0.299 e. The third kappa shape index (κ3) is 4.35. The normalized spacial score (nSPS) is 10.9. The van der Waals surface area contributed by atoms with Gasteiger partial charge in [-0.3, -0.25) is 9.69 Å². The third-order valence-corrected chi connectivity index (χ3v) is 3.61. The van der Waals surface area contributed by atoms with Crippen molar-refractivity contribution in [3.63, 3.8) is 0 Å². The van der Waals surface area contributed by atoms with E-state index in [-0.39, 0.29) is 5.78 Å². The Kier molecular flexibility index (Phi) is 4.78. The van der Waals surface area contributed by atoms with Crippen LogP contribution in [0.4, 0.5) is 0 Å². The molecule has 0 saturated carbocycles. The first kappa shape index (κ1) is 11.9. The second kappa shape index (κ2) is 5.63. The number of likely N-dealkylation sites (N-methyl/N-ethyl adjacent to an activating group) is 1. The first-order chi connectivity index (χ1) is 6.58. The Labute approximate surface area is 97.1 Å². The fraction of sp³-hybridized carbons (Fsp3) is 0.500. The number of halogens is 1. The lowest BCUT2D eigenvalue weighted by Gasteiger charge is -2.13. The lowest BCUT2D eigenvalue weighted by Crippen LogP contribution is -2.26. The van der Waals surface area contributed by atoms with Crippen LogP contribution in [0.15, 0.2) is 15.9 Å². The first-order valence-corrected chi connectivity index (χ1v) is 6.16. The second-order valence-electron chi connectivity index (χ2n) is 3.42. The highest BCUT2D eigenvalue weighted by Gasteiger charge is 2.03. The molecule has 0 aliphatic rings. The molecule has 0 aliphatic heterocycles. The van der Waals surface area contributed by atoms with Crippen LogP contribution in [-0.4, -0.2) is 30.8 Å². The van der Waals surface area contributed by atoms with Crippen LogP contribution in [-0.2, 0) is 11.2 Å². The molecule has 1 aromatic heterocycles. The molecule has 78 valence electrons. The predicted molar refractivity (Wildman–Crippen MR) is 63.9 cm³/mol. The fourth-order valence-electron chi connectivity index (χ4n) is 1.25. The third-order valence-electron chi connectivity index (χ3n) is 1.85. The number of ketones is 1. The molecular formula is C10H14BrNOS. The van der Waals surface area contributed by atoms with Gasteiger partial charge in [-0.05, 0) is 42.4 Å². The topological polar surface area (TPSA) is 20.3 Å². The highest BCUT2D eigenvalue weighted by atomic mass is 79.9. The summed E-state index contributed by atoms with van der Waals surface area (Å²) in [6.07, 6.45) is 1.01. The number of nitrogens with zero attached hydrogens (tertiary/aromatic N) is 1. The Morgan fingerprint density at radius 1 is 1.64 bits per heavy atom. The standard InChI is InChI=1S/C10H14BrNOS/c1-8(13)6-12(2)4-3-10-5-9(11)7-14-10/h5,7H,3-4,6H2,1-2H3. The number of carbonyl (C=O) groups excluding carboxylic acids is 1. The number of Topliss-reactive ketones (excluding diaryl/α,β-unsaturated/α-hetero) is 1. The Balaban J connectivity index is 2.30. The van der Waals surface area contributed by atoms with Crippen molar-refractivity contribution < 1.29 is 4.79 Å². The van der Waals surface area contributed by atoms with Crippen LogP contribution in [0.25, 0.3) is 0 Å². The number of hydrogen-bond donors (Lipinski definition) is 0. The quantitative estimate of drug-likeness (QED) is 0.823. The Morgan fingerprint density at radius 3 is 2.86 bits per heavy atom. The highest BCUT2D eigenvalue weighted by molar-refractivity contribution is 9.10. The van der Waals surface area contributed by atoms with Gasteiger partial charge in [0, 0.05) is 21.3 Å². The molecule has 0 atom stereocenters. The van der Waals surface area contributed by atoms with Crippen LogP contribution < -0.4 is 0 Å². The van der Waals surface area contributed by atoms with E-state index >= 15 is 0 Å². The van der Waals surface area contributed by atoms with Crippen LogP contribution in [0.5, 0.6) is 0 Å². The van der Waals surface area contributed by atoms with E-state index in [1.807, 2.05) is 7.05 Å². The Hall–Kier alpha value is -0.190. The average molecular weight is 276 g/mol. The molecule has 0 unspecified atom stereocenters. The van der Waals surface area contributed by atoms with Crippen LogP contribution >= 0.6 is 27.3 Å². The molecule has 1 aromatic rings. The molecule has 0 N–H and O–H groups in total. The van der Waals surface area contributed by atoms with Gasteiger partial charge in [0.05, 0.1) is 6.54 Å². The van der Waals surface area contributed by atoms with Gasteiger partial charge in [0.1, 0.15) is 5.78 Å². The lowest BCUT2D eigenvalue weighted by atomic mass is 10.3. The van der Waals surface area contributed by atoms with Crippen molar-refractivity contribution in [3.05, 3.63) is 20.8 Å². The second-order valence-corrected chi connectivity index (χ2v) is 5.33. The molecule has 14 heavy (non-hydrogen) atoms.